The third kappa shape index (κ3) is 8.42. The van der Waals surface area contributed by atoms with Gasteiger partial charge in [-0.3, -0.25) is 9.89 Å². The molecule has 0 bridgehead atoms. The Bertz CT molecular complexity index is 714. The van der Waals surface area contributed by atoms with Gasteiger partial charge in [-0.05, 0) is 46.5 Å². The SMILES string of the molecule is CCNC(=NCC1CCCN(C(=O)OC(C)(C)C)C1)N1CCN(Cc2ccon2)CC1.I. The van der Waals surface area contributed by atoms with Gasteiger partial charge in [0.1, 0.15) is 11.9 Å². The molecule has 1 aromatic heterocycles. The number of piperidine rings is 1. The first-order valence-electron chi connectivity index (χ1n) is 11.5. The number of hydrogen-bond acceptors (Lipinski definition) is 6. The zero-order chi connectivity index (χ0) is 22.3. The summed E-state index contributed by atoms with van der Waals surface area (Å²) in [7, 11) is 0. The molecule has 0 saturated carbocycles. The lowest BCUT2D eigenvalue weighted by Crippen LogP contribution is -2.52. The molecule has 3 heterocycles. The number of aliphatic imine (C=N–C) groups is 1. The summed E-state index contributed by atoms with van der Waals surface area (Å²) in [6.45, 7) is 15.5. The Morgan fingerprint density at radius 2 is 2.00 bits per heavy atom. The minimum Gasteiger partial charge on any atom is -0.444 e. The molecule has 1 N–H and O–H groups in total. The third-order valence-corrected chi connectivity index (χ3v) is 5.55. The van der Waals surface area contributed by atoms with Gasteiger partial charge in [-0.15, -0.1) is 24.0 Å². The molecular weight excluding hydrogens is 523 g/mol. The molecule has 0 radical (unpaired) electrons. The molecule has 2 saturated heterocycles. The van der Waals surface area contributed by atoms with E-state index in [1.54, 1.807) is 6.26 Å². The Morgan fingerprint density at radius 1 is 1.25 bits per heavy atom. The number of ether oxygens (including phenoxy) is 1. The Morgan fingerprint density at radius 3 is 2.62 bits per heavy atom. The molecule has 0 spiro atoms. The summed E-state index contributed by atoms with van der Waals surface area (Å²) >= 11 is 0. The number of piperazine rings is 1. The van der Waals surface area contributed by atoms with E-state index in [0.717, 1.165) is 76.9 Å². The van der Waals surface area contributed by atoms with Crippen molar-refractivity contribution < 1.29 is 14.1 Å². The van der Waals surface area contributed by atoms with Gasteiger partial charge in [0, 0.05) is 65.0 Å². The van der Waals surface area contributed by atoms with Crippen LogP contribution < -0.4 is 5.32 Å². The fourth-order valence-corrected chi connectivity index (χ4v) is 4.01. The molecule has 2 fully saturated rings. The number of carbonyl (C=O) groups excluding carboxylic acids is 1. The Kier molecular flexibility index (Phi) is 10.5. The highest BCUT2D eigenvalue weighted by molar-refractivity contribution is 14.0. The van der Waals surface area contributed by atoms with E-state index in [-0.39, 0.29) is 30.1 Å². The molecule has 10 heteroatoms. The van der Waals surface area contributed by atoms with E-state index in [0.29, 0.717) is 12.5 Å². The molecule has 3 rings (SSSR count). The van der Waals surface area contributed by atoms with E-state index in [9.17, 15) is 4.79 Å². The second-order valence-electron chi connectivity index (χ2n) is 9.38. The molecule has 0 aliphatic carbocycles. The van der Waals surface area contributed by atoms with Crippen LogP contribution in [0.25, 0.3) is 0 Å². The Labute approximate surface area is 208 Å². The smallest absolute Gasteiger partial charge is 0.410 e. The number of guanidine groups is 1. The van der Waals surface area contributed by atoms with Crippen molar-refractivity contribution in [2.45, 2.75) is 52.7 Å². The van der Waals surface area contributed by atoms with Crippen LogP contribution in [0.2, 0.25) is 0 Å². The van der Waals surface area contributed by atoms with Crippen LogP contribution in [-0.4, -0.2) is 89.9 Å². The van der Waals surface area contributed by atoms with Crippen molar-refractivity contribution in [1.82, 2.24) is 25.2 Å². The summed E-state index contributed by atoms with van der Waals surface area (Å²) in [5, 5.41) is 7.45. The highest BCUT2D eigenvalue weighted by Gasteiger charge is 2.28. The van der Waals surface area contributed by atoms with Crippen molar-refractivity contribution in [2.24, 2.45) is 10.9 Å². The van der Waals surface area contributed by atoms with E-state index < -0.39 is 5.60 Å². The monoisotopic (exact) mass is 562 g/mol. The fourth-order valence-electron chi connectivity index (χ4n) is 4.01. The van der Waals surface area contributed by atoms with Crippen LogP contribution in [0.15, 0.2) is 21.8 Å². The van der Waals surface area contributed by atoms with Crippen LogP contribution in [0.4, 0.5) is 4.79 Å². The number of carbonyl (C=O) groups is 1. The zero-order valence-electron chi connectivity index (χ0n) is 19.9. The van der Waals surface area contributed by atoms with Crippen LogP contribution in [0, 0.1) is 5.92 Å². The molecule has 1 atom stereocenters. The lowest BCUT2D eigenvalue weighted by Gasteiger charge is -2.37. The average Bonchev–Trinajstić information content (AvgIpc) is 3.24. The fraction of sp³-hybridized carbons (Fsp3) is 0.773. The molecule has 32 heavy (non-hydrogen) atoms. The van der Waals surface area contributed by atoms with Crippen molar-refractivity contribution >= 4 is 36.0 Å². The van der Waals surface area contributed by atoms with E-state index in [1.807, 2.05) is 31.7 Å². The zero-order valence-corrected chi connectivity index (χ0v) is 22.2. The van der Waals surface area contributed by atoms with Crippen LogP contribution in [0.3, 0.4) is 0 Å². The minimum absolute atomic E-state index is 0. The van der Waals surface area contributed by atoms with Gasteiger partial charge < -0.3 is 24.4 Å². The molecule has 182 valence electrons. The summed E-state index contributed by atoms with van der Waals surface area (Å²) in [6, 6.07) is 1.92. The molecule has 0 aromatic carbocycles. The molecule has 2 aliphatic heterocycles. The summed E-state index contributed by atoms with van der Waals surface area (Å²) in [5.41, 5.74) is 0.511. The highest BCUT2D eigenvalue weighted by atomic mass is 127. The molecule has 1 unspecified atom stereocenters. The maximum absolute atomic E-state index is 12.4. The lowest BCUT2D eigenvalue weighted by atomic mass is 9.98. The number of nitrogens with zero attached hydrogens (tertiary/aromatic N) is 5. The second-order valence-corrected chi connectivity index (χ2v) is 9.38. The average molecular weight is 562 g/mol. The standard InChI is InChI=1S/C22H38N6O3.HI/c1-5-23-20(27-12-10-26(11-13-27)17-19-8-14-30-25-19)24-15-18-7-6-9-28(16-18)21(29)31-22(2,3)4;/h8,14,18H,5-7,9-13,15-17H2,1-4H3,(H,23,24);1H. The van der Waals surface area contributed by atoms with Gasteiger partial charge in [-0.25, -0.2) is 4.79 Å². The van der Waals surface area contributed by atoms with Gasteiger partial charge in [0.05, 0.1) is 5.69 Å². The van der Waals surface area contributed by atoms with E-state index in [1.165, 1.54) is 0 Å². The molecular formula is C22H39IN6O3. The highest BCUT2D eigenvalue weighted by Crippen LogP contribution is 2.20. The molecule has 2 aliphatic rings. The quantitative estimate of drug-likeness (QED) is 0.336. The van der Waals surface area contributed by atoms with Gasteiger partial charge in [-0.2, -0.15) is 0 Å². The number of halogens is 1. The summed E-state index contributed by atoms with van der Waals surface area (Å²) in [5.74, 6) is 1.33. The topological polar surface area (TPSA) is 86.4 Å². The van der Waals surface area contributed by atoms with Gasteiger partial charge in [0.25, 0.3) is 0 Å². The van der Waals surface area contributed by atoms with Crippen molar-refractivity contribution in [3.05, 3.63) is 18.0 Å². The largest absolute Gasteiger partial charge is 0.444 e. The van der Waals surface area contributed by atoms with Gasteiger partial charge >= 0.3 is 6.09 Å². The van der Waals surface area contributed by atoms with Crippen molar-refractivity contribution in [2.75, 3.05) is 52.4 Å². The van der Waals surface area contributed by atoms with Gasteiger partial charge in [0.15, 0.2) is 5.96 Å². The molecule has 9 nitrogen and oxygen atoms in total. The summed E-state index contributed by atoms with van der Waals surface area (Å²) in [6.07, 6.45) is 3.50. The van der Waals surface area contributed by atoms with Crippen molar-refractivity contribution in [3.8, 4) is 0 Å². The summed E-state index contributed by atoms with van der Waals surface area (Å²) < 4.78 is 10.5. The minimum atomic E-state index is -0.462. The molecule has 1 amide bonds. The van der Waals surface area contributed by atoms with Gasteiger partial charge in [0.2, 0.25) is 0 Å². The van der Waals surface area contributed by atoms with Crippen LogP contribution >= 0.6 is 24.0 Å². The Hall–Kier alpha value is -1.56. The van der Waals surface area contributed by atoms with Crippen molar-refractivity contribution in [3.63, 3.8) is 0 Å². The third-order valence-electron chi connectivity index (χ3n) is 5.55. The number of likely N-dealkylation sites (tertiary alicyclic amines) is 1. The number of rotatable bonds is 5. The van der Waals surface area contributed by atoms with Crippen LogP contribution in [0.1, 0.15) is 46.2 Å². The second kappa shape index (κ2) is 12.6. The van der Waals surface area contributed by atoms with E-state index >= 15 is 0 Å². The summed E-state index contributed by atoms with van der Waals surface area (Å²) in [4.78, 5) is 23.9. The Balaban J connectivity index is 0.00000363. The normalized spacial score (nSPS) is 20.6. The molecule has 1 aromatic rings. The number of aromatic nitrogens is 1. The van der Waals surface area contributed by atoms with Crippen LogP contribution in [-0.2, 0) is 11.3 Å². The lowest BCUT2D eigenvalue weighted by molar-refractivity contribution is 0.0170. The van der Waals surface area contributed by atoms with Crippen molar-refractivity contribution in [1.29, 1.82) is 0 Å². The first-order valence-corrected chi connectivity index (χ1v) is 11.5. The number of nitrogens with one attached hydrogen (secondary N) is 1. The maximum atomic E-state index is 12.4. The number of hydrogen-bond donors (Lipinski definition) is 1. The number of amides is 1. The predicted octanol–water partition coefficient (Wildman–Crippen LogP) is 3.02. The maximum Gasteiger partial charge on any atom is 0.410 e. The predicted molar refractivity (Wildman–Crippen MR) is 135 cm³/mol. The first kappa shape index (κ1) is 26.7. The van der Waals surface area contributed by atoms with Gasteiger partial charge in [-0.1, -0.05) is 5.16 Å². The van der Waals surface area contributed by atoms with Crippen LogP contribution in [0.5, 0.6) is 0 Å². The first-order chi connectivity index (χ1) is 14.8. The van der Waals surface area contributed by atoms with E-state index in [4.69, 9.17) is 14.3 Å². The van der Waals surface area contributed by atoms with E-state index in [2.05, 4.69) is 27.2 Å².